The van der Waals surface area contributed by atoms with Gasteiger partial charge >= 0.3 is 11.9 Å². The quantitative estimate of drug-likeness (QED) is 0.304. The zero-order valence-corrected chi connectivity index (χ0v) is 27.4. The SMILES string of the molecule is C=C(C(=O)O)C(C1CCCCCCCCC1)(C1CCCCCCCCC1)C1CCCCCCCCC1.C=C(C)C(=O)O. The van der Waals surface area contributed by atoms with Gasteiger partial charge in [-0.2, -0.15) is 0 Å². The molecule has 0 heterocycles. The van der Waals surface area contributed by atoms with Crippen LogP contribution in [-0.2, 0) is 9.59 Å². The lowest BCUT2D eigenvalue weighted by Crippen LogP contribution is -2.48. The van der Waals surface area contributed by atoms with Gasteiger partial charge < -0.3 is 10.2 Å². The maximum Gasteiger partial charge on any atom is 0.331 e. The molecule has 0 aliphatic heterocycles. The summed E-state index contributed by atoms with van der Waals surface area (Å²) in [6.07, 6.45) is 35.5. The molecule has 3 rings (SSSR count). The van der Waals surface area contributed by atoms with Gasteiger partial charge in [-0.15, -0.1) is 0 Å². The molecule has 0 unspecified atom stereocenters. The normalized spacial score (nSPS) is 22.5. The zero-order valence-electron chi connectivity index (χ0n) is 27.4. The van der Waals surface area contributed by atoms with Crippen molar-refractivity contribution in [1.29, 1.82) is 0 Å². The first-order chi connectivity index (χ1) is 20.3. The average Bonchev–Trinajstić information content (AvgIpc) is 2.98. The van der Waals surface area contributed by atoms with Gasteiger partial charge in [0.25, 0.3) is 0 Å². The smallest absolute Gasteiger partial charge is 0.331 e. The fourth-order valence-corrected chi connectivity index (χ4v) is 8.79. The third-order valence-electron chi connectivity index (χ3n) is 11.0. The van der Waals surface area contributed by atoms with Gasteiger partial charge in [0, 0.05) is 16.6 Å². The molecule has 0 spiro atoms. The van der Waals surface area contributed by atoms with Crippen LogP contribution in [0, 0.1) is 23.2 Å². The van der Waals surface area contributed by atoms with E-state index in [2.05, 4.69) is 13.2 Å². The molecule has 3 fully saturated rings. The van der Waals surface area contributed by atoms with Gasteiger partial charge in [-0.25, -0.2) is 9.59 Å². The second kappa shape index (κ2) is 21.2. The first-order valence-electron chi connectivity index (χ1n) is 18.1. The molecule has 0 aromatic heterocycles. The summed E-state index contributed by atoms with van der Waals surface area (Å²) in [5.74, 6) is -0.0727. The van der Waals surface area contributed by atoms with Crippen LogP contribution in [0.25, 0.3) is 0 Å². The molecule has 3 aliphatic rings. The van der Waals surface area contributed by atoms with Crippen molar-refractivity contribution >= 4 is 11.9 Å². The highest BCUT2D eigenvalue weighted by atomic mass is 16.4. The number of carboxylic acid groups (broad SMARTS) is 2. The lowest BCUT2D eigenvalue weighted by Gasteiger charge is -2.53. The molecule has 3 saturated carbocycles. The zero-order chi connectivity index (χ0) is 30.6. The highest BCUT2D eigenvalue weighted by molar-refractivity contribution is 5.87. The third kappa shape index (κ3) is 12.2. The van der Waals surface area contributed by atoms with E-state index in [-0.39, 0.29) is 11.0 Å². The van der Waals surface area contributed by atoms with Crippen molar-refractivity contribution in [2.75, 3.05) is 0 Å². The standard InChI is InChI=1S/C34H60O2.C4H6O2/c1-29(33(35)36)34(30-23-17-11-5-2-6-12-18-24-30,31-25-19-13-7-3-8-14-20-26-31)32-27-21-15-9-4-10-16-22-28-32;1-3(2)4(5)6/h30-32H,1-28H2,(H,35,36);1H2,2H3,(H,5,6). The molecule has 42 heavy (non-hydrogen) atoms. The lowest BCUT2D eigenvalue weighted by atomic mass is 9.50. The molecule has 4 nitrogen and oxygen atoms in total. The minimum Gasteiger partial charge on any atom is -0.478 e. The summed E-state index contributed by atoms with van der Waals surface area (Å²) >= 11 is 0. The van der Waals surface area contributed by atoms with E-state index >= 15 is 0 Å². The van der Waals surface area contributed by atoms with Crippen LogP contribution < -0.4 is 0 Å². The van der Waals surface area contributed by atoms with E-state index in [0.29, 0.717) is 23.3 Å². The van der Waals surface area contributed by atoms with Crippen LogP contribution in [0.4, 0.5) is 0 Å². The van der Waals surface area contributed by atoms with Crippen molar-refractivity contribution in [2.45, 2.75) is 180 Å². The summed E-state index contributed by atoms with van der Waals surface area (Å²) < 4.78 is 0. The van der Waals surface area contributed by atoms with Gasteiger partial charge in [0.2, 0.25) is 0 Å². The van der Waals surface area contributed by atoms with Crippen LogP contribution in [0.3, 0.4) is 0 Å². The monoisotopic (exact) mass is 586 g/mol. The molecule has 242 valence electrons. The fraction of sp³-hybridized carbons (Fsp3) is 0.842. The molecule has 2 N–H and O–H groups in total. The first-order valence-corrected chi connectivity index (χ1v) is 18.1. The predicted octanol–water partition coefficient (Wildman–Crippen LogP) is 11.7. The minimum atomic E-state index is -0.935. The predicted molar refractivity (Wildman–Crippen MR) is 177 cm³/mol. The Morgan fingerprint density at radius 1 is 0.452 bits per heavy atom. The molecule has 4 heteroatoms. The van der Waals surface area contributed by atoms with Crippen LogP contribution in [0.5, 0.6) is 0 Å². The largest absolute Gasteiger partial charge is 0.478 e. The van der Waals surface area contributed by atoms with Gasteiger partial charge in [0.05, 0.1) is 0 Å². The maximum atomic E-state index is 13.0. The fourth-order valence-electron chi connectivity index (χ4n) is 8.79. The molecule has 0 saturated heterocycles. The maximum absolute atomic E-state index is 13.0. The Balaban J connectivity index is 0.000000928. The van der Waals surface area contributed by atoms with Gasteiger partial charge in [0.1, 0.15) is 0 Å². The van der Waals surface area contributed by atoms with E-state index in [9.17, 15) is 14.7 Å². The number of carboxylic acids is 2. The van der Waals surface area contributed by atoms with Gasteiger partial charge in [-0.3, -0.25) is 0 Å². The van der Waals surface area contributed by atoms with Gasteiger partial charge in [-0.1, -0.05) is 148 Å². The van der Waals surface area contributed by atoms with Crippen LogP contribution in [0.1, 0.15) is 180 Å². The lowest BCUT2D eigenvalue weighted by molar-refractivity contribution is -0.137. The Morgan fingerprint density at radius 3 is 0.810 bits per heavy atom. The number of carbonyl (C=O) groups is 2. The van der Waals surface area contributed by atoms with E-state index in [1.807, 2.05) is 0 Å². The second-order valence-corrected chi connectivity index (χ2v) is 14.0. The molecule has 0 amide bonds. The first kappa shape index (κ1) is 36.6. The van der Waals surface area contributed by atoms with E-state index in [1.54, 1.807) is 0 Å². The van der Waals surface area contributed by atoms with Crippen LogP contribution in [-0.4, -0.2) is 22.2 Å². The van der Waals surface area contributed by atoms with Gasteiger partial charge in [0.15, 0.2) is 0 Å². The Hall–Kier alpha value is -1.58. The summed E-state index contributed by atoms with van der Waals surface area (Å²) in [5.41, 5.74) is 0.618. The van der Waals surface area contributed by atoms with E-state index < -0.39 is 11.9 Å². The molecule has 3 aliphatic carbocycles. The Morgan fingerprint density at radius 2 is 0.643 bits per heavy atom. The number of aliphatic carboxylic acids is 2. The highest BCUT2D eigenvalue weighted by Crippen LogP contribution is 2.58. The summed E-state index contributed by atoms with van der Waals surface area (Å²) in [4.78, 5) is 22.6. The van der Waals surface area contributed by atoms with E-state index in [0.717, 1.165) is 0 Å². The van der Waals surface area contributed by atoms with Crippen molar-refractivity contribution in [2.24, 2.45) is 23.2 Å². The number of hydrogen-bond donors (Lipinski definition) is 2. The highest BCUT2D eigenvalue weighted by Gasteiger charge is 2.52. The summed E-state index contributed by atoms with van der Waals surface area (Å²) in [7, 11) is 0. The molecular formula is C38H66O4. The van der Waals surface area contributed by atoms with E-state index in [4.69, 9.17) is 5.11 Å². The van der Waals surface area contributed by atoms with Crippen molar-refractivity contribution in [3.63, 3.8) is 0 Å². The van der Waals surface area contributed by atoms with E-state index in [1.165, 1.54) is 180 Å². The Labute approximate surface area is 259 Å². The Bertz CT molecular complexity index is 692. The van der Waals surface area contributed by atoms with Crippen molar-refractivity contribution in [1.82, 2.24) is 0 Å². The van der Waals surface area contributed by atoms with Crippen LogP contribution in [0.2, 0.25) is 0 Å². The molecule has 0 aromatic rings. The molecular weight excluding hydrogens is 520 g/mol. The second-order valence-electron chi connectivity index (χ2n) is 14.0. The minimum absolute atomic E-state index is 0.176. The van der Waals surface area contributed by atoms with Crippen molar-refractivity contribution in [3.8, 4) is 0 Å². The molecule has 0 aromatic carbocycles. The average molecular weight is 587 g/mol. The van der Waals surface area contributed by atoms with Gasteiger partial charge in [-0.05, 0) is 63.2 Å². The summed E-state index contributed by atoms with van der Waals surface area (Å²) in [6.45, 7) is 9.14. The molecule has 0 atom stereocenters. The summed E-state index contributed by atoms with van der Waals surface area (Å²) in [6, 6.07) is 0. The topological polar surface area (TPSA) is 74.6 Å². The van der Waals surface area contributed by atoms with Crippen molar-refractivity contribution in [3.05, 3.63) is 24.3 Å². The van der Waals surface area contributed by atoms with Crippen LogP contribution >= 0.6 is 0 Å². The third-order valence-corrected chi connectivity index (χ3v) is 11.0. The summed E-state index contributed by atoms with van der Waals surface area (Å²) in [5, 5.41) is 18.6. The Kier molecular flexibility index (Phi) is 18.5. The number of rotatable bonds is 6. The van der Waals surface area contributed by atoms with Crippen LogP contribution in [0.15, 0.2) is 24.3 Å². The molecule has 0 radical (unpaired) electrons. The number of hydrogen-bond acceptors (Lipinski definition) is 2. The van der Waals surface area contributed by atoms with Crippen molar-refractivity contribution < 1.29 is 19.8 Å². The molecule has 0 bridgehead atoms.